The van der Waals surface area contributed by atoms with E-state index in [0.29, 0.717) is 114 Å². The highest BCUT2D eigenvalue weighted by atomic mass is 19.1. The molecule has 0 unspecified atom stereocenters. The maximum Gasteiger partial charge on any atom is 0.247 e. The van der Waals surface area contributed by atoms with Gasteiger partial charge >= 0.3 is 0 Å². The van der Waals surface area contributed by atoms with E-state index in [2.05, 4.69) is 137 Å². The number of hydrogen-bond donors (Lipinski definition) is 9. The van der Waals surface area contributed by atoms with Gasteiger partial charge in [-0.15, -0.1) is 0 Å². The molecule has 3 aliphatic heterocycles. The Labute approximate surface area is 648 Å². The van der Waals surface area contributed by atoms with Gasteiger partial charge in [-0.1, -0.05) is 37.9 Å². The summed E-state index contributed by atoms with van der Waals surface area (Å²) in [6.07, 6.45) is 11.2. The number of aliphatic hydroxyl groups is 1. The van der Waals surface area contributed by atoms with Crippen LogP contribution in [0.3, 0.4) is 0 Å². The zero-order chi connectivity index (χ0) is 78.7. The summed E-state index contributed by atoms with van der Waals surface area (Å²) in [5, 5.41) is 29.2. The van der Waals surface area contributed by atoms with E-state index in [1.807, 2.05) is 29.3 Å². The molecule has 28 nitrogen and oxygen atoms in total. The highest BCUT2D eigenvalue weighted by molar-refractivity contribution is 6.00. The minimum absolute atomic E-state index is 0.170. The van der Waals surface area contributed by atoms with E-state index in [1.165, 1.54) is 41.0 Å². The number of aromatic nitrogens is 9. The van der Waals surface area contributed by atoms with Gasteiger partial charge in [-0.3, -0.25) is 14.4 Å². The van der Waals surface area contributed by atoms with Crippen molar-refractivity contribution in [2.75, 3.05) is 146 Å². The van der Waals surface area contributed by atoms with E-state index >= 15 is 8.78 Å². The number of ether oxygens (including phenoxy) is 3. The second-order valence-corrected chi connectivity index (χ2v) is 27.4. The highest BCUT2D eigenvalue weighted by Crippen LogP contribution is 2.46. The largest absolute Gasteiger partial charge is 0.438 e. The van der Waals surface area contributed by atoms with Crippen molar-refractivity contribution < 1.29 is 46.9 Å². The summed E-state index contributed by atoms with van der Waals surface area (Å²) < 4.78 is 65.0. The van der Waals surface area contributed by atoms with E-state index in [-0.39, 0.29) is 65.6 Å². The van der Waals surface area contributed by atoms with Gasteiger partial charge in [0.15, 0.2) is 5.65 Å². The minimum Gasteiger partial charge on any atom is -0.438 e. The molecule has 0 spiro atoms. The number of nitrogens with one attached hydrogen (secondary N) is 8. The Bertz CT molecular complexity index is 5490. The maximum atomic E-state index is 15.1. The molecule has 12 aromatic rings. The fraction of sp³-hybridized carbons (Fsp3) is 0.232. The van der Waals surface area contributed by atoms with Crippen LogP contribution in [0.15, 0.2) is 196 Å². The molecule has 1 aliphatic carbocycles. The van der Waals surface area contributed by atoms with Crippen LogP contribution in [-0.4, -0.2) is 182 Å². The van der Waals surface area contributed by atoms with Gasteiger partial charge in [-0.2, -0.15) is 29.9 Å². The molecule has 580 valence electrons. The first-order valence-corrected chi connectivity index (χ1v) is 36.7. The lowest BCUT2D eigenvalue weighted by atomic mass is 10.1. The summed E-state index contributed by atoms with van der Waals surface area (Å²) in [6.45, 7) is 20.1. The molecule has 9 N–H and O–H groups in total. The molecule has 16 rings (SSSR count). The minimum atomic E-state index is -0.344. The number of rotatable bonds is 23. The van der Waals surface area contributed by atoms with Crippen molar-refractivity contribution in [3.63, 3.8) is 0 Å². The number of likely N-dealkylation sites (N-methyl/N-ethyl adjacent to an activating group) is 3. The summed E-state index contributed by atoms with van der Waals surface area (Å²) in [7, 11) is 6.20. The van der Waals surface area contributed by atoms with Crippen LogP contribution in [0, 0.1) is 17.5 Å². The van der Waals surface area contributed by atoms with Gasteiger partial charge < -0.3 is 95.2 Å². The second-order valence-electron chi connectivity index (χ2n) is 27.4. The van der Waals surface area contributed by atoms with Crippen molar-refractivity contribution >= 4 is 120 Å². The topological polar surface area (TPSA) is 305 Å². The van der Waals surface area contributed by atoms with Crippen LogP contribution < -0.4 is 60.8 Å². The molecule has 0 bridgehead atoms. The number of nitrogens with zero attached hydrogens (tertiary/aromatic N) is 13. The molecule has 6 aromatic heterocycles. The number of aliphatic hydroxyl groups excluding tert-OH is 1. The summed E-state index contributed by atoms with van der Waals surface area (Å²) in [5.41, 5.74) is 7.69. The van der Waals surface area contributed by atoms with Crippen LogP contribution in [0.5, 0.6) is 34.9 Å². The van der Waals surface area contributed by atoms with Gasteiger partial charge in [0.1, 0.15) is 52.7 Å². The Morgan fingerprint density at radius 1 is 0.469 bits per heavy atom. The SMILES string of the molecule is C=CC(=O)Nc1cccc(Oc2nc(Nc3ccc(N4CCN(C)CC4)c(F)c3)nc3[nH]cc(C4CC4)c23)c1.C=CC(=O)Nc1cccc(Oc2nc(Nc3ccc(N4CCN(C)CC4)c(F)c3)nc3[nH]ccc23)c1.C=CC(=O)Nc1cccc(Oc2nc(Nc3ccc(N4CCN(C)CC4)c(F)c3)nc3c2ccn3CO)c1. The van der Waals surface area contributed by atoms with Crippen LogP contribution in [0.25, 0.3) is 33.1 Å². The number of benzene rings is 6. The molecule has 3 amide bonds. The Morgan fingerprint density at radius 2 is 0.867 bits per heavy atom. The van der Waals surface area contributed by atoms with Crippen LogP contribution in [0.1, 0.15) is 24.3 Å². The molecule has 9 heterocycles. The van der Waals surface area contributed by atoms with Crippen LogP contribution in [-0.2, 0) is 21.1 Å². The van der Waals surface area contributed by atoms with Gasteiger partial charge in [0.25, 0.3) is 0 Å². The zero-order valence-electron chi connectivity index (χ0n) is 62.4. The summed E-state index contributed by atoms with van der Waals surface area (Å²) in [6, 6.07) is 39.4. The second kappa shape index (κ2) is 34.7. The number of piperazine rings is 3. The maximum absolute atomic E-state index is 15.1. The standard InChI is InChI=1S/C29H30FN7O2.C27H28FN7O3.C26H26FN7O2/c1-3-25(38)32-19-5-4-6-21(15-19)39-28-26-22(18-7-8-18)17-31-27(26)34-29(35-28)33-20-9-10-24(23(30)16-20)37-13-11-36(2)12-14-37;1-3-24(37)29-18-5-4-6-20(15-18)38-26-21-9-10-35(17-36)25(21)31-27(32-26)30-19-7-8-23(22(28)16-19)34-13-11-33(2)12-14-34;1-3-23(35)29-17-5-4-6-19(15-17)36-25-20-9-10-28-24(20)31-26(32-25)30-18-7-8-22(21(27)16-18)34-13-11-33(2)12-14-34/h3-6,9-10,15-18H,1,7-8,11-14H2,2H3,(H,32,38)(H2,31,33,34,35);3-10,15-16,36H,1,11-14,17H2,2H3,(H,29,37)(H,30,31,32);3-10,15-16H,1,11-14H2,2H3,(H,29,35)(H2,28,30,31,32). The van der Waals surface area contributed by atoms with E-state index < -0.39 is 0 Å². The van der Waals surface area contributed by atoms with Gasteiger partial charge in [-0.25, -0.2) is 13.2 Å². The van der Waals surface area contributed by atoms with E-state index in [0.717, 1.165) is 102 Å². The monoisotopic (exact) mass is 1530 g/mol. The van der Waals surface area contributed by atoms with Crippen LogP contribution in [0.4, 0.5) is 82.2 Å². The molecule has 3 saturated heterocycles. The molecular formula is C82H84F3N21O7. The van der Waals surface area contributed by atoms with Crippen molar-refractivity contribution in [2.24, 2.45) is 0 Å². The Hall–Kier alpha value is -13.4. The highest BCUT2D eigenvalue weighted by Gasteiger charge is 2.30. The first-order chi connectivity index (χ1) is 54.9. The van der Waals surface area contributed by atoms with Crippen molar-refractivity contribution in [2.45, 2.75) is 25.5 Å². The Kier molecular flexibility index (Phi) is 23.5. The number of fused-ring (bicyclic) bond motifs is 3. The number of hydrogen-bond acceptors (Lipinski definition) is 22. The zero-order valence-corrected chi connectivity index (χ0v) is 62.4. The number of amides is 3. The molecule has 4 fully saturated rings. The van der Waals surface area contributed by atoms with Gasteiger partial charge in [0.2, 0.25) is 53.2 Å². The van der Waals surface area contributed by atoms with Gasteiger partial charge in [0, 0.05) is 149 Å². The molecular weight excluding hydrogens is 1450 g/mol. The lowest BCUT2D eigenvalue weighted by molar-refractivity contribution is -0.112. The fourth-order valence-electron chi connectivity index (χ4n) is 13.1. The van der Waals surface area contributed by atoms with E-state index in [4.69, 9.17) is 14.2 Å². The molecule has 0 radical (unpaired) electrons. The van der Waals surface area contributed by atoms with Crippen LogP contribution >= 0.6 is 0 Å². The third-order valence-electron chi connectivity index (χ3n) is 19.3. The predicted molar refractivity (Wildman–Crippen MR) is 434 cm³/mol. The summed E-state index contributed by atoms with van der Waals surface area (Å²) in [4.78, 5) is 81.6. The normalized spacial score (nSPS) is 14.6. The Morgan fingerprint density at radius 3 is 1.27 bits per heavy atom. The average Bonchev–Trinajstić information content (AvgIpc) is 1.62. The van der Waals surface area contributed by atoms with Gasteiger partial charge in [-0.05, 0) is 167 Å². The third-order valence-corrected chi connectivity index (χ3v) is 19.3. The molecule has 0 atom stereocenters. The quantitative estimate of drug-likeness (QED) is 0.0269. The first kappa shape index (κ1) is 76.4. The molecule has 6 aromatic carbocycles. The lowest BCUT2D eigenvalue weighted by Crippen LogP contribution is -2.44. The Balaban J connectivity index is 0.000000141. The molecule has 113 heavy (non-hydrogen) atoms. The number of anilines is 12. The number of halogens is 3. The van der Waals surface area contributed by atoms with Crippen molar-refractivity contribution in [1.82, 2.24) is 59.1 Å². The van der Waals surface area contributed by atoms with E-state index in [9.17, 15) is 23.9 Å². The summed E-state index contributed by atoms with van der Waals surface area (Å²) in [5.74, 6) is 1.57. The average molecular weight is 1530 g/mol. The molecule has 1 saturated carbocycles. The molecule has 31 heteroatoms. The van der Waals surface area contributed by atoms with Crippen molar-refractivity contribution in [3.8, 4) is 34.9 Å². The van der Waals surface area contributed by atoms with E-state index in [1.54, 1.807) is 116 Å². The predicted octanol–water partition coefficient (Wildman–Crippen LogP) is 13.8. The van der Waals surface area contributed by atoms with Gasteiger partial charge in [0.05, 0.1) is 33.2 Å². The first-order valence-electron chi connectivity index (χ1n) is 36.7. The summed E-state index contributed by atoms with van der Waals surface area (Å²) >= 11 is 0. The van der Waals surface area contributed by atoms with Crippen molar-refractivity contribution in [3.05, 3.63) is 219 Å². The number of aromatic amines is 2. The third kappa shape index (κ3) is 18.9. The molecule has 4 aliphatic rings. The number of carbonyl (C=O) groups excluding carboxylic acids is 3. The lowest BCUT2D eigenvalue weighted by Gasteiger charge is -2.34. The fourth-order valence-corrected chi connectivity index (χ4v) is 13.1. The number of H-pyrrole nitrogens is 2. The number of carbonyl (C=O) groups is 3. The smallest absolute Gasteiger partial charge is 0.247 e. The van der Waals surface area contributed by atoms with Crippen molar-refractivity contribution in [1.29, 1.82) is 0 Å². The van der Waals surface area contributed by atoms with Crippen LogP contribution in [0.2, 0.25) is 0 Å².